The van der Waals surface area contributed by atoms with Crippen LogP contribution in [0.4, 0.5) is 0 Å². The summed E-state index contributed by atoms with van der Waals surface area (Å²) in [5.41, 5.74) is 3.25. The van der Waals surface area contributed by atoms with Crippen LogP contribution in [0.15, 0.2) is 30.5 Å². The number of aliphatic hydroxyl groups excluding tert-OH is 1. The summed E-state index contributed by atoms with van der Waals surface area (Å²) in [6, 6.07) is 7.97. The fourth-order valence-electron chi connectivity index (χ4n) is 3.78. The maximum atomic E-state index is 10.5. The van der Waals surface area contributed by atoms with E-state index in [9.17, 15) is 5.11 Å². The van der Waals surface area contributed by atoms with Gasteiger partial charge in [0.2, 0.25) is 0 Å². The lowest BCUT2D eigenvalue weighted by molar-refractivity contribution is 0.0536. The van der Waals surface area contributed by atoms with Crippen LogP contribution in [-0.4, -0.2) is 44.4 Å². The number of pyridine rings is 1. The van der Waals surface area contributed by atoms with Crippen molar-refractivity contribution >= 4 is 0 Å². The van der Waals surface area contributed by atoms with Crippen molar-refractivity contribution in [3.63, 3.8) is 0 Å². The molecule has 128 valence electrons. The molecule has 2 aliphatic rings. The number of hydrogen-bond acceptors (Lipinski definition) is 5. The van der Waals surface area contributed by atoms with E-state index >= 15 is 0 Å². The lowest BCUT2D eigenvalue weighted by Gasteiger charge is -2.33. The Labute approximate surface area is 142 Å². The number of rotatable bonds is 4. The maximum Gasteiger partial charge on any atom is 0.0988 e. The van der Waals surface area contributed by atoms with Crippen molar-refractivity contribution in [1.82, 2.24) is 25.0 Å². The zero-order valence-electron chi connectivity index (χ0n) is 13.9. The van der Waals surface area contributed by atoms with Crippen LogP contribution in [0.5, 0.6) is 0 Å². The first-order valence-corrected chi connectivity index (χ1v) is 8.87. The standard InChI is InChI=1S/C18H25N5O/c24-18(17-3-1-2-6-20-17)14-4-8-22(9-5-14)13-15-11-16-12-19-7-10-23(16)21-15/h1-3,6,11,14,18-19,24H,4-5,7-10,12-13H2/t18-/m1/s1. The molecule has 6 heteroatoms. The van der Waals surface area contributed by atoms with Crippen LogP contribution < -0.4 is 5.32 Å². The zero-order chi connectivity index (χ0) is 16.4. The number of hydrogen-bond donors (Lipinski definition) is 2. The molecule has 1 fully saturated rings. The van der Waals surface area contributed by atoms with E-state index in [1.54, 1.807) is 6.20 Å². The third-order valence-corrected chi connectivity index (χ3v) is 5.18. The number of nitrogens with one attached hydrogen (secondary N) is 1. The summed E-state index contributed by atoms with van der Waals surface area (Å²) in [4.78, 5) is 6.74. The van der Waals surface area contributed by atoms with Crippen molar-refractivity contribution in [2.75, 3.05) is 19.6 Å². The second-order valence-corrected chi connectivity index (χ2v) is 6.84. The summed E-state index contributed by atoms with van der Waals surface area (Å²) in [7, 11) is 0. The Bertz CT molecular complexity index is 640. The molecule has 2 aromatic rings. The molecule has 1 saturated heterocycles. The van der Waals surface area contributed by atoms with Gasteiger partial charge in [0.15, 0.2) is 0 Å². The molecule has 2 N–H and O–H groups in total. The Balaban J connectivity index is 1.32. The van der Waals surface area contributed by atoms with Crippen molar-refractivity contribution in [3.05, 3.63) is 47.5 Å². The Hall–Kier alpha value is -1.76. The molecule has 2 aliphatic heterocycles. The van der Waals surface area contributed by atoms with E-state index in [-0.39, 0.29) is 0 Å². The van der Waals surface area contributed by atoms with Crippen molar-refractivity contribution in [3.8, 4) is 0 Å². The Morgan fingerprint density at radius 3 is 2.88 bits per heavy atom. The topological polar surface area (TPSA) is 66.2 Å². The molecule has 0 saturated carbocycles. The molecule has 1 atom stereocenters. The highest BCUT2D eigenvalue weighted by Crippen LogP contribution is 2.30. The highest BCUT2D eigenvalue weighted by molar-refractivity contribution is 5.12. The highest BCUT2D eigenvalue weighted by atomic mass is 16.3. The first kappa shape index (κ1) is 15.7. The smallest absolute Gasteiger partial charge is 0.0988 e. The molecular weight excluding hydrogens is 302 g/mol. The van der Waals surface area contributed by atoms with E-state index in [0.717, 1.165) is 63.5 Å². The molecule has 4 heterocycles. The predicted octanol–water partition coefficient (Wildman–Crippen LogP) is 1.33. The Morgan fingerprint density at radius 1 is 1.25 bits per heavy atom. The number of nitrogens with zero attached hydrogens (tertiary/aromatic N) is 4. The van der Waals surface area contributed by atoms with Gasteiger partial charge in [-0.1, -0.05) is 6.07 Å². The van der Waals surface area contributed by atoms with Gasteiger partial charge in [0, 0.05) is 25.8 Å². The average Bonchev–Trinajstić information content (AvgIpc) is 3.05. The van der Waals surface area contributed by atoms with E-state index in [4.69, 9.17) is 5.10 Å². The molecule has 24 heavy (non-hydrogen) atoms. The van der Waals surface area contributed by atoms with E-state index in [2.05, 4.69) is 25.9 Å². The predicted molar refractivity (Wildman–Crippen MR) is 91.1 cm³/mol. The number of fused-ring (bicyclic) bond motifs is 1. The van der Waals surface area contributed by atoms with Crippen molar-refractivity contribution < 1.29 is 5.11 Å². The quantitative estimate of drug-likeness (QED) is 0.887. The molecule has 4 rings (SSSR count). The van der Waals surface area contributed by atoms with Gasteiger partial charge < -0.3 is 10.4 Å². The molecule has 0 spiro atoms. The SMILES string of the molecule is O[C@@H](c1ccccn1)C1CCN(Cc2cc3n(n2)CCNC3)CC1. The number of aromatic nitrogens is 3. The van der Waals surface area contributed by atoms with Gasteiger partial charge in [-0.15, -0.1) is 0 Å². The van der Waals surface area contributed by atoms with Crippen LogP contribution in [-0.2, 0) is 19.6 Å². The highest BCUT2D eigenvalue weighted by Gasteiger charge is 2.27. The van der Waals surface area contributed by atoms with Gasteiger partial charge in [-0.2, -0.15) is 5.10 Å². The summed E-state index contributed by atoms with van der Waals surface area (Å²) >= 11 is 0. The molecule has 0 aromatic carbocycles. The fourth-order valence-corrected chi connectivity index (χ4v) is 3.78. The normalized spacial score (nSPS) is 20.7. The molecular formula is C18H25N5O. The van der Waals surface area contributed by atoms with Crippen molar-refractivity contribution in [1.29, 1.82) is 0 Å². The third-order valence-electron chi connectivity index (χ3n) is 5.18. The van der Waals surface area contributed by atoms with E-state index < -0.39 is 6.10 Å². The summed E-state index contributed by atoms with van der Waals surface area (Å²) in [6.07, 6.45) is 3.32. The van der Waals surface area contributed by atoms with E-state index in [1.807, 2.05) is 18.2 Å². The first-order valence-electron chi connectivity index (χ1n) is 8.87. The van der Waals surface area contributed by atoms with Gasteiger partial charge in [0.25, 0.3) is 0 Å². The molecule has 0 bridgehead atoms. The average molecular weight is 327 g/mol. The largest absolute Gasteiger partial charge is 0.387 e. The molecule has 0 amide bonds. The monoisotopic (exact) mass is 327 g/mol. The van der Waals surface area contributed by atoms with Gasteiger partial charge in [0.1, 0.15) is 0 Å². The number of aliphatic hydroxyl groups is 1. The third kappa shape index (κ3) is 3.36. The van der Waals surface area contributed by atoms with Gasteiger partial charge in [-0.25, -0.2) is 0 Å². The second kappa shape index (κ2) is 7.01. The number of likely N-dealkylation sites (tertiary alicyclic amines) is 1. The molecule has 0 aliphatic carbocycles. The zero-order valence-corrected chi connectivity index (χ0v) is 13.9. The minimum absolute atomic E-state index is 0.301. The minimum atomic E-state index is -0.445. The first-order chi connectivity index (χ1) is 11.8. The van der Waals surface area contributed by atoms with E-state index in [0.29, 0.717) is 5.92 Å². The molecule has 2 aromatic heterocycles. The summed E-state index contributed by atoms with van der Waals surface area (Å²) in [5.74, 6) is 0.301. The Morgan fingerprint density at radius 2 is 2.12 bits per heavy atom. The van der Waals surface area contributed by atoms with Crippen molar-refractivity contribution in [2.24, 2.45) is 5.92 Å². The van der Waals surface area contributed by atoms with Gasteiger partial charge in [-0.05, 0) is 50.0 Å². The lowest BCUT2D eigenvalue weighted by Crippen LogP contribution is -2.35. The van der Waals surface area contributed by atoms with Crippen LogP contribution in [0.2, 0.25) is 0 Å². The van der Waals surface area contributed by atoms with Gasteiger partial charge >= 0.3 is 0 Å². The minimum Gasteiger partial charge on any atom is -0.387 e. The molecule has 0 unspecified atom stereocenters. The van der Waals surface area contributed by atoms with Crippen LogP contribution in [0.3, 0.4) is 0 Å². The fraction of sp³-hybridized carbons (Fsp3) is 0.556. The molecule has 0 radical (unpaired) electrons. The van der Waals surface area contributed by atoms with Crippen molar-refractivity contribution in [2.45, 2.75) is 38.6 Å². The number of piperidine rings is 1. The van der Waals surface area contributed by atoms with Gasteiger partial charge in [0.05, 0.1) is 29.7 Å². The van der Waals surface area contributed by atoms with E-state index in [1.165, 1.54) is 5.69 Å². The maximum absolute atomic E-state index is 10.5. The van der Waals surface area contributed by atoms with Crippen LogP contribution in [0.25, 0.3) is 0 Å². The van der Waals surface area contributed by atoms with Gasteiger partial charge in [-0.3, -0.25) is 14.6 Å². The van der Waals surface area contributed by atoms with Crippen LogP contribution >= 0.6 is 0 Å². The lowest BCUT2D eigenvalue weighted by atomic mass is 9.89. The summed E-state index contributed by atoms with van der Waals surface area (Å²) < 4.78 is 2.13. The summed E-state index contributed by atoms with van der Waals surface area (Å²) in [5, 5.41) is 18.6. The second-order valence-electron chi connectivity index (χ2n) is 6.84. The van der Waals surface area contributed by atoms with Crippen LogP contribution in [0, 0.1) is 5.92 Å². The Kier molecular flexibility index (Phi) is 4.60. The summed E-state index contributed by atoms with van der Waals surface area (Å²) in [6.45, 7) is 5.82. The van der Waals surface area contributed by atoms with Crippen LogP contribution in [0.1, 0.15) is 36.0 Å². The molecule has 6 nitrogen and oxygen atoms in total.